The van der Waals surface area contributed by atoms with Gasteiger partial charge in [-0.2, -0.15) is 0 Å². The van der Waals surface area contributed by atoms with Gasteiger partial charge >= 0.3 is 5.17 Å². The quantitative estimate of drug-likeness (QED) is 0.592. The van der Waals surface area contributed by atoms with Gasteiger partial charge in [-0.1, -0.05) is 47.5 Å². The summed E-state index contributed by atoms with van der Waals surface area (Å²) in [6, 6.07) is 12.3. The minimum absolute atomic E-state index is 0.0399. The fourth-order valence-corrected chi connectivity index (χ4v) is 6.53. The minimum Gasteiger partial charge on any atom is -0.349 e. The van der Waals surface area contributed by atoms with Crippen LogP contribution in [0.4, 0.5) is 0 Å². The number of hydrogen-bond donors (Lipinski definition) is 2. The van der Waals surface area contributed by atoms with Crippen LogP contribution in [0.1, 0.15) is 30.5 Å². The maximum atomic E-state index is 13.0. The average molecular weight is 483 g/mol. The highest BCUT2D eigenvalue weighted by Crippen LogP contribution is 2.39. The van der Waals surface area contributed by atoms with E-state index in [4.69, 9.17) is 11.6 Å². The van der Waals surface area contributed by atoms with E-state index in [0.717, 1.165) is 29.4 Å². The van der Waals surface area contributed by atoms with E-state index >= 15 is 0 Å². The number of halogens is 1. The van der Waals surface area contributed by atoms with Crippen molar-refractivity contribution >= 4 is 38.6 Å². The Hall–Kier alpha value is -1.58. The highest BCUT2D eigenvalue weighted by molar-refractivity contribution is 8.13. The maximum absolute atomic E-state index is 13.0. The number of aliphatic hydroxyl groups is 1. The van der Waals surface area contributed by atoms with E-state index in [0.29, 0.717) is 11.3 Å². The summed E-state index contributed by atoms with van der Waals surface area (Å²) in [7, 11) is -2.04. The Morgan fingerprint density at radius 2 is 1.84 bits per heavy atom. The maximum Gasteiger partial charge on any atom is 0.311 e. The lowest BCUT2D eigenvalue weighted by Crippen LogP contribution is -2.44. The fourth-order valence-electron chi connectivity index (χ4n) is 3.51. The van der Waals surface area contributed by atoms with Gasteiger partial charge < -0.3 is 5.11 Å². The van der Waals surface area contributed by atoms with Crippen molar-refractivity contribution in [2.24, 2.45) is 0 Å². The third-order valence-corrected chi connectivity index (χ3v) is 8.77. The molecule has 0 aliphatic carbocycles. The van der Waals surface area contributed by atoms with Crippen molar-refractivity contribution in [3.8, 4) is 0 Å². The summed E-state index contributed by atoms with van der Waals surface area (Å²) < 4.78 is 30.8. The van der Waals surface area contributed by atoms with Crippen LogP contribution in [0.3, 0.4) is 0 Å². The van der Waals surface area contributed by atoms with Crippen LogP contribution in [0, 0.1) is 6.92 Å². The van der Waals surface area contributed by atoms with E-state index in [-0.39, 0.29) is 16.5 Å². The summed E-state index contributed by atoms with van der Waals surface area (Å²) in [5, 5.41) is 12.5. The summed E-state index contributed by atoms with van der Waals surface area (Å²) in [6.07, 6.45) is 0. The number of nitrogens with one attached hydrogen (secondary N) is 1. The molecule has 0 aromatic heterocycles. The SMILES string of the molecule is CC[N+](CC)=C1SCC(O)(c2ccc(Cl)c(S(=O)(=O)NCc3ccc(C)cc3)c2)N1C. The Morgan fingerprint density at radius 1 is 1.19 bits per heavy atom. The van der Waals surface area contributed by atoms with Crippen molar-refractivity contribution in [1.29, 1.82) is 0 Å². The largest absolute Gasteiger partial charge is 0.349 e. The van der Waals surface area contributed by atoms with Crippen LogP contribution in [-0.2, 0) is 22.3 Å². The molecule has 2 aromatic rings. The topological polar surface area (TPSA) is 72.6 Å². The second-order valence-electron chi connectivity index (χ2n) is 7.57. The monoisotopic (exact) mass is 482 g/mol. The van der Waals surface area contributed by atoms with Gasteiger partial charge in [0.05, 0.1) is 30.9 Å². The highest BCUT2D eigenvalue weighted by Gasteiger charge is 2.50. The number of sulfonamides is 1. The Kier molecular flexibility index (Phi) is 7.38. The smallest absolute Gasteiger partial charge is 0.311 e. The van der Waals surface area contributed by atoms with Gasteiger partial charge in [-0.15, -0.1) is 0 Å². The van der Waals surface area contributed by atoms with Crippen molar-refractivity contribution in [2.75, 3.05) is 25.9 Å². The van der Waals surface area contributed by atoms with E-state index in [9.17, 15) is 13.5 Å². The van der Waals surface area contributed by atoms with E-state index < -0.39 is 15.7 Å². The Bertz CT molecular complexity index is 1080. The van der Waals surface area contributed by atoms with Gasteiger partial charge in [0.15, 0.2) is 0 Å². The normalized spacial score (nSPS) is 19.2. The number of rotatable bonds is 7. The van der Waals surface area contributed by atoms with Crippen LogP contribution in [0.25, 0.3) is 0 Å². The lowest BCUT2D eigenvalue weighted by atomic mass is 10.0. The first-order valence-corrected chi connectivity index (χ1v) is 13.0. The molecule has 0 amide bonds. The second kappa shape index (κ2) is 9.50. The molecule has 6 nitrogen and oxygen atoms in total. The van der Waals surface area contributed by atoms with Crippen molar-refractivity contribution in [3.63, 3.8) is 0 Å². The van der Waals surface area contributed by atoms with Gasteiger partial charge in [0.1, 0.15) is 4.90 Å². The summed E-state index contributed by atoms with van der Waals surface area (Å²) in [5.74, 6) is 0.396. The predicted molar refractivity (Wildman–Crippen MR) is 127 cm³/mol. The standard InChI is InChI=1S/C22H29ClN3O3S2/c1-5-26(6-2)21-25(4)22(27,15-30-21)18-11-12-19(23)20(13-18)31(28,29)24-14-17-9-7-16(3)8-10-17/h7-13,24,27H,5-6,14-15H2,1-4H3/q+1. The third-order valence-electron chi connectivity index (χ3n) is 5.55. The highest BCUT2D eigenvalue weighted by atomic mass is 35.5. The van der Waals surface area contributed by atoms with E-state index in [1.807, 2.05) is 43.1 Å². The molecule has 1 saturated heterocycles. The molecule has 1 fully saturated rings. The number of hydrogen-bond acceptors (Lipinski definition) is 4. The fraction of sp³-hybridized carbons (Fsp3) is 0.409. The first-order valence-electron chi connectivity index (χ1n) is 10.2. The van der Waals surface area contributed by atoms with Crippen molar-refractivity contribution in [1.82, 2.24) is 9.62 Å². The molecule has 0 bridgehead atoms. The molecule has 0 spiro atoms. The molecule has 1 atom stereocenters. The summed E-state index contributed by atoms with van der Waals surface area (Å²) >= 11 is 7.82. The Labute approximate surface area is 194 Å². The lowest BCUT2D eigenvalue weighted by molar-refractivity contribution is -0.523. The number of thioether (sulfide) groups is 1. The van der Waals surface area contributed by atoms with Crippen molar-refractivity contribution < 1.29 is 18.1 Å². The zero-order chi connectivity index (χ0) is 22.8. The van der Waals surface area contributed by atoms with Gasteiger partial charge in [-0.3, -0.25) is 4.58 Å². The van der Waals surface area contributed by atoms with Crippen LogP contribution in [0.2, 0.25) is 5.02 Å². The number of nitrogens with zero attached hydrogens (tertiary/aromatic N) is 2. The van der Waals surface area contributed by atoms with Crippen molar-refractivity contribution in [3.05, 3.63) is 64.2 Å². The first-order chi connectivity index (χ1) is 14.6. The molecule has 31 heavy (non-hydrogen) atoms. The van der Waals surface area contributed by atoms with Crippen LogP contribution in [-0.4, -0.2) is 54.1 Å². The van der Waals surface area contributed by atoms with E-state index in [1.165, 1.54) is 12.1 Å². The van der Waals surface area contributed by atoms with Crippen LogP contribution >= 0.6 is 23.4 Å². The van der Waals surface area contributed by atoms with E-state index in [2.05, 4.69) is 23.1 Å². The second-order valence-corrected chi connectivity index (χ2v) is 10.7. The van der Waals surface area contributed by atoms with Gasteiger partial charge in [-0.05, 0) is 50.2 Å². The van der Waals surface area contributed by atoms with Gasteiger partial charge in [0, 0.05) is 12.1 Å². The molecule has 1 unspecified atom stereocenters. The molecule has 0 saturated carbocycles. The zero-order valence-corrected chi connectivity index (χ0v) is 20.6. The number of amidine groups is 1. The molecule has 1 aliphatic heterocycles. The Morgan fingerprint density at radius 3 is 2.45 bits per heavy atom. The average Bonchev–Trinajstić information content (AvgIpc) is 3.05. The molecule has 0 radical (unpaired) electrons. The Balaban J connectivity index is 1.91. The summed E-state index contributed by atoms with van der Waals surface area (Å²) in [4.78, 5) is 1.77. The lowest BCUT2D eigenvalue weighted by Gasteiger charge is -2.26. The summed E-state index contributed by atoms with van der Waals surface area (Å²) in [5.41, 5.74) is 1.12. The van der Waals surface area contributed by atoms with Gasteiger partial charge in [0.2, 0.25) is 15.7 Å². The number of aryl methyl sites for hydroxylation is 1. The first kappa shape index (κ1) is 24.1. The molecule has 2 aromatic carbocycles. The number of benzene rings is 2. The zero-order valence-electron chi connectivity index (χ0n) is 18.2. The van der Waals surface area contributed by atoms with Gasteiger partial charge in [0.25, 0.3) is 0 Å². The molecule has 9 heteroatoms. The molecular formula is C22H29ClN3O3S2+. The van der Waals surface area contributed by atoms with Crippen LogP contribution in [0.5, 0.6) is 0 Å². The summed E-state index contributed by atoms with van der Waals surface area (Å²) in [6.45, 7) is 7.91. The molecular weight excluding hydrogens is 454 g/mol. The molecule has 1 heterocycles. The molecule has 3 rings (SSSR count). The molecule has 168 valence electrons. The third kappa shape index (κ3) is 4.93. The van der Waals surface area contributed by atoms with Crippen LogP contribution < -0.4 is 4.72 Å². The minimum atomic E-state index is -3.87. The van der Waals surface area contributed by atoms with Crippen molar-refractivity contribution in [2.45, 2.75) is 37.9 Å². The predicted octanol–water partition coefficient (Wildman–Crippen LogP) is 3.36. The van der Waals surface area contributed by atoms with Crippen LogP contribution in [0.15, 0.2) is 47.4 Å². The molecule has 1 aliphatic rings. The van der Waals surface area contributed by atoms with E-state index in [1.54, 1.807) is 17.8 Å². The molecule has 2 N–H and O–H groups in total. The van der Waals surface area contributed by atoms with Gasteiger partial charge in [-0.25, -0.2) is 18.0 Å².